The number of nitrogens with zero attached hydrogens (tertiary/aromatic N) is 1. The molecule has 1 aromatic carbocycles. The number of alkyl halides is 2. The number of imidazole rings is 1. The van der Waals surface area contributed by atoms with Crippen LogP contribution in [0.25, 0.3) is 11.0 Å². The molecule has 0 radical (unpaired) electrons. The summed E-state index contributed by atoms with van der Waals surface area (Å²) in [6.45, 7) is -0.383. The second-order valence-electron chi connectivity index (χ2n) is 3.79. The number of H-pyrrole nitrogens is 1. The summed E-state index contributed by atoms with van der Waals surface area (Å²) in [6.07, 6.45) is -2.03. The van der Waals surface area contributed by atoms with E-state index < -0.39 is 13.0 Å². The first-order chi connectivity index (χ1) is 8.56. The van der Waals surface area contributed by atoms with Crippen LogP contribution in [0.5, 0.6) is 0 Å². The van der Waals surface area contributed by atoms with Crippen LogP contribution in [0.3, 0.4) is 0 Å². The molecule has 2 aromatic rings. The number of hydrogen-bond donors (Lipinski definition) is 2. The lowest BCUT2D eigenvalue weighted by molar-refractivity contribution is 0.0183. The van der Waals surface area contributed by atoms with Gasteiger partial charge in [0.15, 0.2) is 0 Å². The lowest BCUT2D eigenvalue weighted by atomic mass is 10.3. The van der Waals surface area contributed by atoms with E-state index >= 15 is 0 Å². The molecule has 98 valence electrons. The number of anilines is 1. The number of ether oxygens (including phenoxy) is 1. The van der Waals surface area contributed by atoms with Crippen LogP contribution < -0.4 is 5.73 Å². The maximum absolute atomic E-state index is 11.8. The summed E-state index contributed by atoms with van der Waals surface area (Å²) < 4.78 is 28.5. The lowest BCUT2D eigenvalue weighted by Crippen LogP contribution is -2.07. The van der Waals surface area contributed by atoms with Crippen LogP contribution in [-0.4, -0.2) is 29.6 Å². The molecule has 0 aliphatic carbocycles. The predicted molar refractivity (Wildman–Crippen MR) is 66.0 cm³/mol. The van der Waals surface area contributed by atoms with Crippen molar-refractivity contribution in [2.45, 2.75) is 12.8 Å². The van der Waals surface area contributed by atoms with E-state index in [1.807, 2.05) is 0 Å². The van der Waals surface area contributed by atoms with Gasteiger partial charge in [0.05, 0.1) is 17.8 Å². The minimum absolute atomic E-state index is 0.178. The number of hydrogen-bond acceptors (Lipinski definition) is 3. The Morgan fingerprint density at radius 1 is 1.44 bits per heavy atom. The fourth-order valence-electron chi connectivity index (χ4n) is 1.62. The molecule has 0 saturated heterocycles. The molecular formula is C11H12ClF2N3O. The number of aromatic nitrogens is 2. The van der Waals surface area contributed by atoms with Crippen LogP contribution in [0.1, 0.15) is 5.82 Å². The Balaban J connectivity index is 2.04. The van der Waals surface area contributed by atoms with Crippen molar-refractivity contribution >= 4 is 28.3 Å². The van der Waals surface area contributed by atoms with Crippen molar-refractivity contribution in [1.82, 2.24) is 9.97 Å². The molecule has 0 bridgehead atoms. The smallest absolute Gasteiger partial charge is 0.261 e. The second kappa shape index (κ2) is 5.49. The molecule has 7 heteroatoms. The van der Waals surface area contributed by atoms with Gasteiger partial charge in [0, 0.05) is 11.4 Å². The largest absolute Gasteiger partial charge is 0.397 e. The predicted octanol–water partition coefficient (Wildman–Crippen LogP) is 2.62. The molecule has 0 atom stereocenters. The molecular weight excluding hydrogens is 264 g/mol. The molecule has 0 aliphatic heterocycles. The van der Waals surface area contributed by atoms with Gasteiger partial charge in [-0.3, -0.25) is 0 Å². The van der Waals surface area contributed by atoms with E-state index in [4.69, 9.17) is 22.1 Å². The number of nitrogens with two attached hydrogens (primary N) is 1. The highest BCUT2D eigenvalue weighted by Crippen LogP contribution is 2.24. The van der Waals surface area contributed by atoms with Gasteiger partial charge in [0.1, 0.15) is 17.9 Å². The minimum Gasteiger partial charge on any atom is -0.397 e. The van der Waals surface area contributed by atoms with Crippen molar-refractivity contribution in [3.8, 4) is 0 Å². The number of halogens is 3. The summed E-state index contributed by atoms with van der Waals surface area (Å²) in [7, 11) is 0. The Morgan fingerprint density at radius 2 is 2.22 bits per heavy atom. The number of benzene rings is 1. The molecule has 4 nitrogen and oxygen atoms in total. The van der Waals surface area contributed by atoms with Crippen molar-refractivity contribution < 1.29 is 13.5 Å². The van der Waals surface area contributed by atoms with Gasteiger partial charge in [-0.25, -0.2) is 13.8 Å². The third-order valence-electron chi connectivity index (χ3n) is 2.36. The van der Waals surface area contributed by atoms with Crippen LogP contribution in [0.2, 0.25) is 5.02 Å². The van der Waals surface area contributed by atoms with Gasteiger partial charge >= 0.3 is 0 Å². The quantitative estimate of drug-likeness (QED) is 0.651. The number of aromatic amines is 1. The fourth-order valence-corrected chi connectivity index (χ4v) is 1.85. The Bertz CT molecular complexity index is 544. The van der Waals surface area contributed by atoms with Gasteiger partial charge in [-0.05, 0) is 12.1 Å². The molecule has 0 aliphatic rings. The number of fused-ring (bicyclic) bond motifs is 1. The highest BCUT2D eigenvalue weighted by Gasteiger charge is 2.08. The average molecular weight is 276 g/mol. The number of nitrogens with one attached hydrogen (secondary N) is 1. The van der Waals surface area contributed by atoms with E-state index in [2.05, 4.69) is 9.97 Å². The van der Waals surface area contributed by atoms with Crippen molar-refractivity contribution in [1.29, 1.82) is 0 Å². The van der Waals surface area contributed by atoms with E-state index in [-0.39, 0.29) is 6.61 Å². The average Bonchev–Trinajstić information content (AvgIpc) is 2.67. The first-order valence-corrected chi connectivity index (χ1v) is 5.73. The van der Waals surface area contributed by atoms with Gasteiger partial charge in [-0.15, -0.1) is 0 Å². The van der Waals surface area contributed by atoms with Crippen molar-refractivity contribution in [2.75, 3.05) is 18.9 Å². The number of rotatable bonds is 5. The maximum Gasteiger partial charge on any atom is 0.261 e. The first kappa shape index (κ1) is 13.0. The summed E-state index contributed by atoms with van der Waals surface area (Å²) in [5, 5.41) is 0.518. The Kier molecular flexibility index (Phi) is 3.98. The van der Waals surface area contributed by atoms with Crippen molar-refractivity contribution in [3.63, 3.8) is 0 Å². The molecule has 0 unspecified atom stereocenters. The zero-order chi connectivity index (χ0) is 13.1. The minimum atomic E-state index is -2.45. The van der Waals surface area contributed by atoms with E-state index in [1.165, 1.54) is 0 Å². The van der Waals surface area contributed by atoms with Crippen LogP contribution >= 0.6 is 11.6 Å². The summed E-state index contributed by atoms with van der Waals surface area (Å²) in [5.74, 6) is 0.633. The van der Waals surface area contributed by atoms with Gasteiger partial charge in [0.2, 0.25) is 0 Å². The van der Waals surface area contributed by atoms with Crippen LogP contribution in [0, 0.1) is 0 Å². The molecule has 1 heterocycles. The summed E-state index contributed by atoms with van der Waals surface area (Å²) in [4.78, 5) is 7.29. The normalized spacial score (nSPS) is 11.6. The zero-order valence-electron chi connectivity index (χ0n) is 9.42. The molecule has 0 amide bonds. The molecule has 0 spiro atoms. The highest BCUT2D eigenvalue weighted by molar-refractivity contribution is 6.31. The van der Waals surface area contributed by atoms with E-state index in [9.17, 15) is 8.78 Å². The monoisotopic (exact) mass is 275 g/mol. The molecule has 1 aromatic heterocycles. The molecule has 0 saturated carbocycles. The SMILES string of the molecule is Nc1cc(Cl)cc2[nH]c(CCOCC(F)F)nc12. The Morgan fingerprint density at radius 3 is 2.94 bits per heavy atom. The van der Waals surface area contributed by atoms with Gasteiger partial charge in [-0.1, -0.05) is 11.6 Å². The highest BCUT2D eigenvalue weighted by atomic mass is 35.5. The second-order valence-corrected chi connectivity index (χ2v) is 4.23. The van der Waals surface area contributed by atoms with E-state index in [0.29, 0.717) is 28.5 Å². The van der Waals surface area contributed by atoms with E-state index in [1.54, 1.807) is 12.1 Å². The van der Waals surface area contributed by atoms with Crippen LogP contribution in [-0.2, 0) is 11.2 Å². The van der Waals surface area contributed by atoms with E-state index in [0.717, 1.165) is 5.52 Å². The standard InChI is InChI=1S/C11H12ClF2N3O/c12-6-3-7(15)11-8(4-6)16-10(17-11)1-2-18-5-9(13)14/h3-4,9H,1-2,5,15H2,(H,16,17). The Hall–Kier alpha value is -1.40. The van der Waals surface area contributed by atoms with Gasteiger partial charge < -0.3 is 15.5 Å². The van der Waals surface area contributed by atoms with Crippen LogP contribution in [0.15, 0.2) is 12.1 Å². The summed E-state index contributed by atoms with van der Waals surface area (Å²) >= 11 is 5.86. The van der Waals surface area contributed by atoms with Gasteiger partial charge in [-0.2, -0.15) is 0 Å². The van der Waals surface area contributed by atoms with Crippen LogP contribution in [0.4, 0.5) is 14.5 Å². The molecule has 2 rings (SSSR count). The molecule has 3 N–H and O–H groups in total. The lowest BCUT2D eigenvalue weighted by Gasteiger charge is -2.00. The van der Waals surface area contributed by atoms with Gasteiger partial charge in [0.25, 0.3) is 6.43 Å². The zero-order valence-corrected chi connectivity index (χ0v) is 10.2. The summed E-state index contributed by atoms with van der Waals surface area (Å²) in [5.41, 5.74) is 7.60. The maximum atomic E-state index is 11.8. The Labute approximate surface area is 107 Å². The summed E-state index contributed by atoms with van der Waals surface area (Å²) in [6, 6.07) is 3.32. The third-order valence-corrected chi connectivity index (χ3v) is 2.58. The molecule has 18 heavy (non-hydrogen) atoms. The van der Waals surface area contributed by atoms with Crippen molar-refractivity contribution in [2.24, 2.45) is 0 Å². The first-order valence-electron chi connectivity index (χ1n) is 5.36. The number of nitrogen functional groups attached to an aromatic ring is 1. The third kappa shape index (κ3) is 3.08. The topological polar surface area (TPSA) is 63.9 Å². The fraction of sp³-hybridized carbons (Fsp3) is 0.364. The molecule has 0 fully saturated rings. The van der Waals surface area contributed by atoms with Crippen molar-refractivity contribution in [3.05, 3.63) is 23.0 Å².